The standard InChI is InChI=1S/C24H24FN3O2/c1-16-18(12-17-5-7-19(8-6-17)28-10-3-9-26-28)13-21-22(23(16)25)14-27(24(21)29)20-4-2-11-30-15-20/h3,5-10,13,20H,2,4,11-12,14-15H2,1H3. The SMILES string of the molecule is Cc1c(Cc2ccc(-n3cccn3)cc2)cc2c(c1F)CN(C1CCCOC1)C2=O. The van der Waals surface area contributed by atoms with E-state index in [1.165, 1.54) is 0 Å². The second-order valence-corrected chi connectivity index (χ2v) is 8.10. The minimum Gasteiger partial charge on any atom is -0.379 e. The van der Waals surface area contributed by atoms with Crippen molar-refractivity contribution in [1.29, 1.82) is 0 Å². The van der Waals surface area contributed by atoms with E-state index in [-0.39, 0.29) is 17.8 Å². The van der Waals surface area contributed by atoms with Gasteiger partial charge in [-0.05, 0) is 67.1 Å². The highest BCUT2D eigenvalue weighted by atomic mass is 19.1. The lowest BCUT2D eigenvalue weighted by Gasteiger charge is -2.30. The van der Waals surface area contributed by atoms with Crippen LogP contribution in [0, 0.1) is 12.7 Å². The molecular weight excluding hydrogens is 381 g/mol. The van der Waals surface area contributed by atoms with Crippen molar-refractivity contribution in [2.75, 3.05) is 13.2 Å². The molecule has 0 saturated carbocycles. The zero-order valence-electron chi connectivity index (χ0n) is 17.0. The Balaban J connectivity index is 1.41. The highest BCUT2D eigenvalue weighted by molar-refractivity contribution is 5.99. The smallest absolute Gasteiger partial charge is 0.254 e. The summed E-state index contributed by atoms with van der Waals surface area (Å²) in [5, 5.41) is 4.24. The first kappa shape index (κ1) is 19.0. The number of fused-ring (bicyclic) bond motifs is 1. The summed E-state index contributed by atoms with van der Waals surface area (Å²) in [5.74, 6) is -0.321. The monoisotopic (exact) mass is 405 g/mol. The molecule has 30 heavy (non-hydrogen) atoms. The van der Waals surface area contributed by atoms with Crippen molar-refractivity contribution in [3.63, 3.8) is 0 Å². The van der Waals surface area contributed by atoms with Crippen molar-refractivity contribution in [3.8, 4) is 5.69 Å². The number of aromatic nitrogens is 2. The molecule has 0 bridgehead atoms. The van der Waals surface area contributed by atoms with Crippen molar-refractivity contribution < 1.29 is 13.9 Å². The number of hydrogen-bond acceptors (Lipinski definition) is 3. The number of carbonyl (C=O) groups excluding carboxylic acids is 1. The van der Waals surface area contributed by atoms with E-state index in [9.17, 15) is 4.79 Å². The molecule has 6 heteroatoms. The average Bonchev–Trinajstić information content (AvgIpc) is 3.42. The van der Waals surface area contributed by atoms with Crippen molar-refractivity contribution in [3.05, 3.63) is 82.4 Å². The maximum absolute atomic E-state index is 15.2. The van der Waals surface area contributed by atoms with Gasteiger partial charge in [0.15, 0.2) is 0 Å². The molecule has 2 aromatic carbocycles. The van der Waals surface area contributed by atoms with Gasteiger partial charge in [0, 0.05) is 30.1 Å². The fourth-order valence-corrected chi connectivity index (χ4v) is 4.45. The third-order valence-corrected chi connectivity index (χ3v) is 6.22. The molecule has 0 N–H and O–H groups in total. The Hall–Kier alpha value is -2.99. The minimum absolute atomic E-state index is 0.0386. The molecule has 1 fully saturated rings. The molecule has 0 radical (unpaired) electrons. The molecule has 1 aromatic heterocycles. The fraction of sp³-hybridized carbons (Fsp3) is 0.333. The van der Waals surface area contributed by atoms with E-state index in [1.807, 2.05) is 42.6 Å². The van der Waals surface area contributed by atoms with Gasteiger partial charge in [0.1, 0.15) is 5.82 Å². The van der Waals surface area contributed by atoms with Crippen LogP contribution in [0.5, 0.6) is 0 Å². The Morgan fingerprint density at radius 1 is 1.27 bits per heavy atom. The van der Waals surface area contributed by atoms with Crippen LogP contribution < -0.4 is 0 Å². The van der Waals surface area contributed by atoms with Crippen LogP contribution in [-0.4, -0.2) is 39.8 Å². The Morgan fingerprint density at radius 3 is 2.80 bits per heavy atom. The molecule has 1 saturated heterocycles. The predicted octanol–water partition coefficient (Wildman–Crippen LogP) is 4.05. The molecule has 3 heterocycles. The van der Waals surface area contributed by atoms with E-state index in [0.717, 1.165) is 36.3 Å². The van der Waals surface area contributed by atoms with Crippen LogP contribution in [0.4, 0.5) is 4.39 Å². The lowest BCUT2D eigenvalue weighted by Crippen LogP contribution is -2.41. The molecule has 154 valence electrons. The van der Waals surface area contributed by atoms with Crippen LogP contribution >= 0.6 is 0 Å². The first-order valence-electron chi connectivity index (χ1n) is 10.4. The topological polar surface area (TPSA) is 47.4 Å². The summed E-state index contributed by atoms with van der Waals surface area (Å²) >= 11 is 0. The van der Waals surface area contributed by atoms with E-state index >= 15 is 4.39 Å². The summed E-state index contributed by atoms with van der Waals surface area (Å²) in [6, 6.07) is 11.8. The van der Waals surface area contributed by atoms with Gasteiger partial charge in [0.25, 0.3) is 5.91 Å². The summed E-state index contributed by atoms with van der Waals surface area (Å²) in [7, 11) is 0. The van der Waals surface area contributed by atoms with Crippen LogP contribution in [0.3, 0.4) is 0 Å². The zero-order valence-corrected chi connectivity index (χ0v) is 17.0. The van der Waals surface area contributed by atoms with Crippen LogP contribution in [0.25, 0.3) is 5.69 Å². The lowest BCUT2D eigenvalue weighted by atomic mass is 9.95. The van der Waals surface area contributed by atoms with Gasteiger partial charge in [-0.1, -0.05) is 12.1 Å². The molecule has 1 unspecified atom stereocenters. The molecule has 5 rings (SSSR count). The van der Waals surface area contributed by atoms with E-state index in [1.54, 1.807) is 22.7 Å². The quantitative estimate of drug-likeness (QED) is 0.658. The number of amides is 1. The molecule has 0 spiro atoms. The molecule has 3 aromatic rings. The van der Waals surface area contributed by atoms with E-state index in [4.69, 9.17) is 4.74 Å². The van der Waals surface area contributed by atoms with Crippen LogP contribution in [0.15, 0.2) is 48.8 Å². The predicted molar refractivity (Wildman–Crippen MR) is 111 cm³/mol. The molecule has 2 aliphatic heterocycles. The van der Waals surface area contributed by atoms with Gasteiger partial charge in [0.05, 0.1) is 24.9 Å². The largest absolute Gasteiger partial charge is 0.379 e. The highest BCUT2D eigenvalue weighted by Crippen LogP contribution is 2.33. The number of halogens is 1. The summed E-state index contributed by atoms with van der Waals surface area (Å²) in [5.41, 5.74) is 4.55. The Bertz CT molecular complexity index is 1070. The number of rotatable bonds is 4. The number of nitrogens with zero attached hydrogens (tertiary/aromatic N) is 3. The Labute approximate surface area is 175 Å². The van der Waals surface area contributed by atoms with Crippen molar-refractivity contribution in [2.45, 2.75) is 38.8 Å². The van der Waals surface area contributed by atoms with E-state index < -0.39 is 0 Å². The first-order valence-corrected chi connectivity index (χ1v) is 10.4. The van der Waals surface area contributed by atoms with Crippen LogP contribution in [0.2, 0.25) is 0 Å². The van der Waals surface area contributed by atoms with Crippen molar-refractivity contribution in [2.24, 2.45) is 0 Å². The fourth-order valence-electron chi connectivity index (χ4n) is 4.45. The van der Waals surface area contributed by atoms with Gasteiger partial charge in [-0.25, -0.2) is 9.07 Å². The van der Waals surface area contributed by atoms with Gasteiger partial charge < -0.3 is 9.64 Å². The van der Waals surface area contributed by atoms with Crippen molar-refractivity contribution in [1.82, 2.24) is 14.7 Å². The van der Waals surface area contributed by atoms with Gasteiger partial charge in [-0.15, -0.1) is 0 Å². The van der Waals surface area contributed by atoms with Gasteiger partial charge in [-0.2, -0.15) is 5.10 Å². The molecule has 5 nitrogen and oxygen atoms in total. The second kappa shape index (κ2) is 7.69. The molecule has 1 amide bonds. The average molecular weight is 405 g/mol. The third-order valence-electron chi connectivity index (χ3n) is 6.22. The number of benzene rings is 2. The zero-order chi connectivity index (χ0) is 20.7. The second-order valence-electron chi connectivity index (χ2n) is 8.10. The Morgan fingerprint density at radius 2 is 2.10 bits per heavy atom. The number of hydrogen-bond donors (Lipinski definition) is 0. The lowest BCUT2D eigenvalue weighted by molar-refractivity contribution is 0.0177. The summed E-state index contributed by atoms with van der Waals surface area (Å²) in [6.45, 7) is 3.42. The highest BCUT2D eigenvalue weighted by Gasteiger charge is 2.36. The first-order chi connectivity index (χ1) is 14.6. The number of ether oxygens (including phenoxy) is 1. The summed E-state index contributed by atoms with van der Waals surface area (Å²) < 4.78 is 22.5. The summed E-state index contributed by atoms with van der Waals surface area (Å²) in [4.78, 5) is 14.8. The molecule has 2 aliphatic rings. The van der Waals surface area contributed by atoms with E-state index in [2.05, 4.69) is 5.10 Å². The maximum Gasteiger partial charge on any atom is 0.254 e. The van der Waals surface area contributed by atoms with Crippen LogP contribution in [0.1, 0.15) is 45.5 Å². The Kier molecular flexibility index (Phi) is 4.87. The molecule has 0 aliphatic carbocycles. The number of carbonyl (C=O) groups is 1. The van der Waals surface area contributed by atoms with Gasteiger partial charge >= 0.3 is 0 Å². The summed E-state index contributed by atoms with van der Waals surface area (Å²) in [6.07, 6.45) is 6.06. The van der Waals surface area contributed by atoms with Crippen molar-refractivity contribution >= 4 is 5.91 Å². The van der Waals surface area contributed by atoms with E-state index in [0.29, 0.717) is 36.3 Å². The molecule has 1 atom stereocenters. The minimum atomic E-state index is -0.247. The normalized spacial score (nSPS) is 18.7. The van der Waals surface area contributed by atoms with Crippen LogP contribution in [-0.2, 0) is 17.7 Å². The molecular formula is C24H24FN3O2. The van der Waals surface area contributed by atoms with Gasteiger partial charge in [-0.3, -0.25) is 4.79 Å². The van der Waals surface area contributed by atoms with Gasteiger partial charge in [0.2, 0.25) is 0 Å². The maximum atomic E-state index is 15.2. The third kappa shape index (κ3) is 3.31.